The van der Waals surface area contributed by atoms with Crippen molar-refractivity contribution in [2.45, 2.75) is 111 Å². The van der Waals surface area contributed by atoms with E-state index in [0.717, 1.165) is 24.8 Å². The first-order valence-electron chi connectivity index (χ1n) is 16.5. The van der Waals surface area contributed by atoms with Crippen molar-refractivity contribution in [3.05, 3.63) is 59.7 Å². The monoisotopic (exact) mass is 652 g/mol. The second-order valence-electron chi connectivity index (χ2n) is 12.3. The van der Waals surface area contributed by atoms with Crippen molar-refractivity contribution in [1.29, 1.82) is 0 Å². The summed E-state index contributed by atoms with van der Waals surface area (Å²) >= 11 is 0. The van der Waals surface area contributed by atoms with Gasteiger partial charge in [-0.15, -0.1) is 0 Å². The lowest BCUT2D eigenvalue weighted by atomic mass is 9.92. The first kappa shape index (κ1) is 37.1. The van der Waals surface area contributed by atoms with Crippen molar-refractivity contribution in [2.75, 3.05) is 5.32 Å². The Hall–Kier alpha value is -4.41. The van der Waals surface area contributed by atoms with Crippen LogP contribution in [0.4, 0.5) is 5.69 Å². The van der Waals surface area contributed by atoms with Gasteiger partial charge in [-0.05, 0) is 50.3 Å². The number of ether oxygens (including phenoxy) is 4. The van der Waals surface area contributed by atoms with E-state index < -0.39 is 54.1 Å². The average Bonchev–Trinajstić information content (AvgIpc) is 3.07. The van der Waals surface area contributed by atoms with Crippen LogP contribution in [0.2, 0.25) is 0 Å². The molecule has 11 heteroatoms. The molecule has 5 atom stereocenters. The predicted molar refractivity (Wildman–Crippen MR) is 175 cm³/mol. The normalized spacial score (nSPS) is 21.4. The summed E-state index contributed by atoms with van der Waals surface area (Å²) in [6.45, 7) is 9.24. The third kappa shape index (κ3) is 11.1. The summed E-state index contributed by atoms with van der Waals surface area (Å²) in [7, 11) is 0. The molecule has 2 aromatic carbocycles. The first-order valence-corrected chi connectivity index (χ1v) is 16.5. The molecule has 2 amide bonds. The van der Waals surface area contributed by atoms with Crippen molar-refractivity contribution in [3.63, 3.8) is 0 Å². The van der Waals surface area contributed by atoms with Crippen molar-refractivity contribution in [3.8, 4) is 5.75 Å². The molecular formula is C36H48N2O9. The molecule has 3 rings (SSSR count). The molecule has 0 unspecified atom stereocenters. The Morgan fingerprint density at radius 1 is 0.936 bits per heavy atom. The number of hydrogen-bond donors (Lipinski definition) is 2. The van der Waals surface area contributed by atoms with E-state index in [1.165, 1.54) is 13.0 Å². The van der Waals surface area contributed by atoms with Crippen molar-refractivity contribution in [2.24, 2.45) is 11.8 Å². The quantitative estimate of drug-likeness (QED) is 0.100. The minimum Gasteiger partial charge on any atom is -0.486 e. The number of carbonyl (C=O) groups excluding carboxylic acids is 5. The molecule has 1 aliphatic heterocycles. The number of cyclic esters (lactones) is 2. The Kier molecular flexibility index (Phi) is 14.7. The summed E-state index contributed by atoms with van der Waals surface area (Å²) in [5.41, 5.74) is 1.12. The van der Waals surface area contributed by atoms with Gasteiger partial charge in [0.05, 0.1) is 17.2 Å². The molecule has 0 bridgehead atoms. The van der Waals surface area contributed by atoms with Crippen LogP contribution in [-0.4, -0.2) is 54.6 Å². The maximum Gasteiger partial charge on any atom is 0.332 e. The Balaban J connectivity index is 1.87. The number of benzene rings is 2. The Morgan fingerprint density at radius 3 is 2.34 bits per heavy atom. The number of unbranched alkanes of at least 4 members (excludes halogenated alkanes) is 3. The van der Waals surface area contributed by atoms with Crippen LogP contribution in [0.5, 0.6) is 5.75 Å². The maximum absolute atomic E-state index is 13.7. The molecule has 0 radical (unpaired) electrons. The van der Waals surface area contributed by atoms with Crippen LogP contribution in [0.1, 0.15) is 95.5 Å². The van der Waals surface area contributed by atoms with Gasteiger partial charge in [0.1, 0.15) is 18.8 Å². The SMILES string of the molecule is CCCCCC[C@H]1C(=O)O[C@H](C)[C@H](NC(=O)c2cccc(NC=O)c2OCc2ccccc2)C(=O)O[C@@H](C)[C@@H]1OC(=O)CCC(C)C. The summed E-state index contributed by atoms with van der Waals surface area (Å²) in [4.78, 5) is 65.1. The lowest BCUT2D eigenvalue weighted by molar-refractivity contribution is -0.175. The summed E-state index contributed by atoms with van der Waals surface area (Å²) in [6.07, 6.45) is 2.00. The highest BCUT2D eigenvalue weighted by Crippen LogP contribution is 2.31. The van der Waals surface area contributed by atoms with E-state index in [9.17, 15) is 24.0 Å². The lowest BCUT2D eigenvalue weighted by Gasteiger charge is -2.29. The number of nitrogens with one attached hydrogen (secondary N) is 2. The van der Waals surface area contributed by atoms with Gasteiger partial charge in [-0.1, -0.05) is 82.9 Å². The standard InChI is InChI=1S/C36H48N2O9/c1-6-7-8-12-16-28-32(47-30(40)20-19-23(2)3)25(5)46-36(43)31(24(4)45-35(28)42)38-34(41)27-17-13-18-29(37-22-39)33(27)44-21-26-14-10-9-11-15-26/h9-11,13-15,17-18,22-25,28,31-32H,6-8,12,16,19-21H2,1-5H3,(H,37,39)(H,38,41)/t24-,25+,28-,31+,32+/m1/s1. The fraction of sp³-hybridized carbons (Fsp3) is 0.528. The van der Waals surface area contributed by atoms with Crippen molar-refractivity contribution in [1.82, 2.24) is 5.32 Å². The summed E-state index contributed by atoms with van der Waals surface area (Å²) < 4.78 is 23.4. The highest BCUT2D eigenvalue weighted by Gasteiger charge is 2.44. The van der Waals surface area contributed by atoms with Crippen LogP contribution in [0, 0.1) is 11.8 Å². The number of anilines is 1. The van der Waals surface area contributed by atoms with Gasteiger partial charge >= 0.3 is 17.9 Å². The van der Waals surface area contributed by atoms with Crippen LogP contribution < -0.4 is 15.4 Å². The summed E-state index contributed by atoms with van der Waals surface area (Å²) in [5.74, 6) is -3.18. The minimum absolute atomic E-state index is 0.0396. The molecule has 2 N–H and O–H groups in total. The summed E-state index contributed by atoms with van der Waals surface area (Å²) in [5, 5.41) is 5.19. The van der Waals surface area contributed by atoms with Crippen LogP contribution in [-0.2, 0) is 40.0 Å². The van der Waals surface area contributed by atoms with Gasteiger partial charge in [-0.25, -0.2) is 4.79 Å². The van der Waals surface area contributed by atoms with Crippen LogP contribution >= 0.6 is 0 Å². The lowest BCUT2D eigenvalue weighted by Crippen LogP contribution is -2.50. The van der Waals surface area contributed by atoms with Gasteiger partial charge in [0.15, 0.2) is 17.9 Å². The largest absolute Gasteiger partial charge is 0.486 e. The van der Waals surface area contributed by atoms with Gasteiger partial charge in [0, 0.05) is 6.42 Å². The van der Waals surface area contributed by atoms with Gasteiger partial charge in [0.2, 0.25) is 6.41 Å². The zero-order chi connectivity index (χ0) is 34.3. The Morgan fingerprint density at radius 2 is 1.66 bits per heavy atom. The molecule has 2 aromatic rings. The average molecular weight is 653 g/mol. The second kappa shape index (κ2) is 18.7. The summed E-state index contributed by atoms with van der Waals surface area (Å²) in [6, 6.07) is 12.5. The number of hydrogen-bond acceptors (Lipinski definition) is 9. The molecule has 0 saturated carbocycles. The number of rotatable bonds is 16. The van der Waals surface area contributed by atoms with E-state index in [1.807, 2.05) is 44.2 Å². The van der Waals surface area contributed by atoms with Crippen LogP contribution in [0.3, 0.4) is 0 Å². The second-order valence-corrected chi connectivity index (χ2v) is 12.3. The van der Waals surface area contributed by atoms with E-state index >= 15 is 0 Å². The number of para-hydroxylation sites is 1. The van der Waals surface area contributed by atoms with E-state index in [2.05, 4.69) is 17.6 Å². The highest BCUT2D eigenvalue weighted by molar-refractivity contribution is 6.01. The van der Waals surface area contributed by atoms with Crippen LogP contribution in [0.15, 0.2) is 48.5 Å². The molecule has 1 heterocycles. The smallest absolute Gasteiger partial charge is 0.332 e. The molecule has 0 spiro atoms. The molecule has 1 saturated heterocycles. The minimum atomic E-state index is -1.39. The van der Waals surface area contributed by atoms with Gasteiger partial charge < -0.3 is 29.6 Å². The van der Waals surface area contributed by atoms with Crippen molar-refractivity contribution >= 4 is 35.9 Å². The third-order valence-corrected chi connectivity index (χ3v) is 8.04. The van der Waals surface area contributed by atoms with Crippen molar-refractivity contribution < 1.29 is 42.9 Å². The first-order chi connectivity index (χ1) is 22.5. The molecule has 1 fully saturated rings. The molecule has 256 valence electrons. The fourth-order valence-electron chi connectivity index (χ4n) is 5.36. The number of carbonyl (C=O) groups is 5. The molecule has 0 aliphatic carbocycles. The van der Waals surface area contributed by atoms with Gasteiger partial charge in [-0.3, -0.25) is 19.2 Å². The maximum atomic E-state index is 13.7. The van der Waals surface area contributed by atoms with E-state index in [0.29, 0.717) is 25.7 Å². The number of esters is 3. The highest BCUT2D eigenvalue weighted by atomic mass is 16.6. The zero-order valence-corrected chi connectivity index (χ0v) is 28.0. The zero-order valence-electron chi connectivity index (χ0n) is 28.0. The molecule has 0 aromatic heterocycles. The fourth-order valence-corrected chi connectivity index (χ4v) is 5.36. The van der Waals surface area contributed by atoms with Crippen LogP contribution in [0.25, 0.3) is 0 Å². The molecule has 1 aliphatic rings. The van der Waals surface area contributed by atoms with E-state index in [-0.39, 0.29) is 35.9 Å². The van der Waals surface area contributed by atoms with E-state index in [1.54, 1.807) is 19.1 Å². The topological polar surface area (TPSA) is 146 Å². The predicted octanol–water partition coefficient (Wildman–Crippen LogP) is 5.74. The Labute approximate surface area is 277 Å². The number of amides is 2. The van der Waals surface area contributed by atoms with E-state index in [4.69, 9.17) is 18.9 Å². The molecule has 47 heavy (non-hydrogen) atoms. The van der Waals surface area contributed by atoms with Gasteiger partial charge in [0.25, 0.3) is 5.91 Å². The molecule has 11 nitrogen and oxygen atoms in total. The molecular weight excluding hydrogens is 604 g/mol. The van der Waals surface area contributed by atoms with Gasteiger partial charge in [-0.2, -0.15) is 0 Å². The Bertz CT molecular complexity index is 1350. The third-order valence-electron chi connectivity index (χ3n) is 8.04.